The molecule has 1 aliphatic heterocycles. The van der Waals surface area contributed by atoms with Crippen LogP contribution in [0, 0.1) is 12.7 Å². The van der Waals surface area contributed by atoms with Gasteiger partial charge in [-0.3, -0.25) is 4.90 Å². The first-order chi connectivity index (χ1) is 12.1. The van der Waals surface area contributed by atoms with Gasteiger partial charge in [-0.05, 0) is 74.9 Å². The second-order valence-corrected chi connectivity index (χ2v) is 6.84. The molecular weight excluding hydrogens is 337 g/mol. The molecule has 1 aromatic heterocycles. The van der Waals surface area contributed by atoms with Gasteiger partial charge in [-0.15, -0.1) is 0 Å². The largest absolute Gasteiger partial charge is 0.468 e. The molecule has 134 valence electrons. The van der Waals surface area contributed by atoms with Crippen LogP contribution in [0.1, 0.15) is 36.6 Å². The average molecular weight is 361 g/mol. The van der Waals surface area contributed by atoms with E-state index < -0.39 is 0 Å². The van der Waals surface area contributed by atoms with Gasteiger partial charge in [-0.2, -0.15) is 0 Å². The van der Waals surface area contributed by atoms with Crippen molar-refractivity contribution >= 4 is 23.0 Å². The van der Waals surface area contributed by atoms with Crippen molar-refractivity contribution in [2.45, 2.75) is 32.2 Å². The first-order valence-electron chi connectivity index (χ1n) is 8.72. The zero-order chi connectivity index (χ0) is 17.6. The van der Waals surface area contributed by atoms with Gasteiger partial charge in [0, 0.05) is 12.2 Å². The van der Waals surface area contributed by atoms with Gasteiger partial charge in [0.15, 0.2) is 5.11 Å². The smallest absolute Gasteiger partial charge is 0.170 e. The summed E-state index contributed by atoms with van der Waals surface area (Å²) in [6, 6.07) is 9.08. The fraction of sp³-hybridized carbons (Fsp3) is 0.421. The number of thiocarbonyl (C=S) groups is 1. The molecule has 1 saturated heterocycles. The summed E-state index contributed by atoms with van der Waals surface area (Å²) in [7, 11) is 0. The molecule has 4 nitrogen and oxygen atoms in total. The molecule has 1 aromatic carbocycles. The number of likely N-dealkylation sites (tertiary alicyclic amines) is 1. The molecule has 0 aliphatic carbocycles. The third kappa shape index (κ3) is 4.80. The minimum Gasteiger partial charge on any atom is -0.468 e. The highest BCUT2D eigenvalue weighted by molar-refractivity contribution is 7.80. The lowest BCUT2D eigenvalue weighted by atomic mass is 10.1. The van der Waals surface area contributed by atoms with Crippen LogP contribution in [0.25, 0.3) is 0 Å². The number of nitrogens with zero attached hydrogens (tertiary/aromatic N) is 1. The Hall–Kier alpha value is -1.92. The summed E-state index contributed by atoms with van der Waals surface area (Å²) >= 11 is 5.37. The Morgan fingerprint density at radius 1 is 1.28 bits per heavy atom. The number of rotatable bonds is 5. The first kappa shape index (κ1) is 17.9. The fourth-order valence-corrected chi connectivity index (χ4v) is 3.36. The molecular formula is C19H24FN3OS. The van der Waals surface area contributed by atoms with Crippen LogP contribution in [0.15, 0.2) is 41.0 Å². The number of furan rings is 1. The molecule has 2 aromatic rings. The molecule has 1 fully saturated rings. The molecule has 0 saturated carbocycles. The zero-order valence-corrected chi connectivity index (χ0v) is 15.2. The van der Waals surface area contributed by atoms with E-state index >= 15 is 0 Å². The molecule has 3 rings (SSSR count). The quantitative estimate of drug-likeness (QED) is 0.780. The number of nitrogens with one attached hydrogen (secondary N) is 2. The summed E-state index contributed by atoms with van der Waals surface area (Å²) in [4.78, 5) is 2.43. The number of aryl methyl sites for hydroxylation is 1. The Morgan fingerprint density at radius 2 is 2.08 bits per heavy atom. The minimum absolute atomic E-state index is 0.143. The molecule has 2 N–H and O–H groups in total. The van der Waals surface area contributed by atoms with E-state index in [1.54, 1.807) is 19.3 Å². The van der Waals surface area contributed by atoms with E-state index in [9.17, 15) is 4.39 Å². The van der Waals surface area contributed by atoms with Crippen molar-refractivity contribution in [3.63, 3.8) is 0 Å². The average Bonchev–Trinajstić information content (AvgIpc) is 3.14. The van der Waals surface area contributed by atoms with Crippen LogP contribution in [-0.2, 0) is 0 Å². The van der Waals surface area contributed by atoms with Crippen LogP contribution >= 0.6 is 12.2 Å². The molecule has 2 heterocycles. The molecule has 6 heteroatoms. The standard InChI is InChI=1S/C19H24FN3OS/c1-14-7-8-15(12-16(14)20)22-19(25)21-13-17(18-6-5-11-24-18)23-9-3-2-4-10-23/h5-8,11-12,17H,2-4,9-10,13H2,1H3,(H2,21,22,25)/t17-/m1/s1. The Labute approximate surface area is 153 Å². The van der Waals surface area contributed by atoms with E-state index in [-0.39, 0.29) is 11.9 Å². The van der Waals surface area contributed by atoms with Crippen LogP contribution in [-0.4, -0.2) is 29.6 Å². The van der Waals surface area contributed by atoms with Crippen LogP contribution in [0.2, 0.25) is 0 Å². The minimum atomic E-state index is -0.241. The highest BCUT2D eigenvalue weighted by Crippen LogP contribution is 2.24. The number of hydrogen-bond donors (Lipinski definition) is 2. The monoisotopic (exact) mass is 361 g/mol. The van der Waals surface area contributed by atoms with Crippen molar-refractivity contribution in [1.82, 2.24) is 10.2 Å². The Bertz CT molecular complexity index is 699. The van der Waals surface area contributed by atoms with Crippen molar-refractivity contribution in [2.24, 2.45) is 0 Å². The maximum absolute atomic E-state index is 13.6. The van der Waals surface area contributed by atoms with Crippen molar-refractivity contribution in [3.8, 4) is 0 Å². The second-order valence-electron chi connectivity index (χ2n) is 6.43. The third-order valence-electron chi connectivity index (χ3n) is 4.59. The predicted molar refractivity (Wildman–Crippen MR) is 102 cm³/mol. The highest BCUT2D eigenvalue weighted by Gasteiger charge is 2.24. The number of piperidine rings is 1. The van der Waals surface area contributed by atoms with Crippen LogP contribution < -0.4 is 10.6 Å². The van der Waals surface area contributed by atoms with E-state index in [0.29, 0.717) is 22.9 Å². The lowest BCUT2D eigenvalue weighted by Crippen LogP contribution is -2.41. The molecule has 0 radical (unpaired) electrons. The Morgan fingerprint density at radius 3 is 2.76 bits per heavy atom. The summed E-state index contributed by atoms with van der Waals surface area (Å²) in [5.41, 5.74) is 1.26. The summed E-state index contributed by atoms with van der Waals surface area (Å²) in [5, 5.41) is 6.78. The van der Waals surface area contributed by atoms with Gasteiger partial charge in [0.25, 0.3) is 0 Å². The first-order valence-corrected chi connectivity index (χ1v) is 9.13. The van der Waals surface area contributed by atoms with Crippen molar-refractivity contribution < 1.29 is 8.81 Å². The molecule has 0 unspecified atom stereocenters. The summed E-state index contributed by atoms with van der Waals surface area (Å²) < 4.78 is 19.3. The van der Waals surface area contributed by atoms with Gasteiger partial charge in [0.2, 0.25) is 0 Å². The predicted octanol–water partition coefficient (Wildman–Crippen LogP) is 4.24. The summed E-state index contributed by atoms with van der Waals surface area (Å²) in [6.45, 7) is 4.52. The van der Waals surface area contributed by atoms with E-state index in [2.05, 4.69) is 15.5 Å². The Kier molecular flexibility index (Phi) is 6.04. The SMILES string of the molecule is Cc1ccc(NC(=S)NC[C@H](c2ccco2)N2CCCCC2)cc1F. The van der Waals surface area contributed by atoms with Gasteiger partial charge in [-0.25, -0.2) is 4.39 Å². The number of hydrogen-bond acceptors (Lipinski definition) is 3. The molecule has 1 atom stereocenters. The number of anilines is 1. The van der Waals surface area contributed by atoms with Crippen molar-refractivity contribution in [1.29, 1.82) is 0 Å². The van der Waals surface area contributed by atoms with E-state index in [4.69, 9.17) is 16.6 Å². The maximum Gasteiger partial charge on any atom is 0.170 e. The van der Waals surface area contributed by atoms with Gasteiger partial charge in [0.1, 0.15) is 11.6 Å². The lowest BCUT2D eigenvalue weighted by molar-refractivity contribution is 0.146. The topological polar surface area (TPSA) is 40.4 Å². The zero-order valence-electron chi connectivity index (χ0n) is 14.4. The van der Waals surface area contributed by atoms with Crippen LogP contribution in [0.3, 0.4) is 0 Å². The molecule has 0 amide bonds. The summed E-state index contributed by atoms with van der Waals surface area (Å²) in [6.07, 6.45) is 5.41. The maximum atomic E-state index is 13.6. The van der Waals surface area contributed by atoms with Gasteiger partial charge in [-0.1, -0.05) is 12.5 Å². The van der Waals surface area contributed by atoms with Crippen LogP contribution in [0.4, 0.5) is 10.1 Å². The van der Waals surface area contributed by atoms with E-state index in [1.807, 2.05) is 18.2 Å². The molecule has 0 spiro atoms. The third-order valence-corrected chi connectivity index (χ3v) is 4.84. The number of benzene rings is 1. The second kappa shape index (κ2) is 8.45. The van der Waals surface area contributed by atoms with Crippen LogP contribution in [0.5, 0.6) is 0 Å². The van der Waals surface area contributed by atoms with E-state index in [0.717, 1.165) is 18.8 Å². The number of halogens is 1. The molecule has 25 heavy (non-hydrogen) atoms. The van der Waals surface area contributed by atoms with Crippen molar-refractivity contribution in [3.05, 3.63) is 53.7 Å². The van der Waals surface area contributed by atoms with Crippen molar-refractivity contribution in [2.75, 3.05) is 25.0 Å². The van der Waals surface area contributed by atoms with E-state index in [1.165, 1.54) is 25.3 Å². The highest BCUT2D eigenvalue weighted by atomic mass is 32.1. The van der Waals surface area contributed by atoms with Gasteiger partial charge in [0.05, 0.1) is 12.3 Å². The van der Waals surface area contributed by atoms with Gasteiger partial charge < -0.3 is 15.1 Å². The normalized spacial score (nSPS) is 16.4. The fourth-order valence-electron chi connectivity index (χ4n) is 3.16. The lowest BCUT2D eigenvalue weighted by Gasteiger charge is -2.33. The Balaban J connectivity index is 1.60. The summed E-state index contributed by atoms with van der Waals surface area (Å²) in [5.74, 6) is 0.702. The molecule has 1 aliphatic rings. The van der Waals surface area contributed by atoms with Gasteiger partial charge >= 0.3 is 0 Å². The molecule has 0 bridgehead atoms.